The van der Waals surface area contributed by atoms with Crippen LogP contribution in [0, 0.1) is 0 Å². The van der Waals surface area contributed by atoms with Gasteiger partial charge >= 0.3 is 0 Å². The first-order chi connectivity index (χ1) is 10.9. The van der Waals surface area contributed by atoms with Crippen molar-refractivity contribution < 1.29 is 4.79 Å². The lowest BCUT2D eigenvalue weighted by Gasteiger charge is -2.21. The number of carbonyl (C=O) groups is 1. The molecule has 3 heteroatoms. The van der Waals surface area contributed by atoms with Crippen molar-refractivity contribution in [3.05, 3.63) is 84.9 Å². The van der Waals surface area contributed by atoms with Crippen LogP contribution in [0.1, 0.15) is 0 Å². The Labute approximate surface area is 136 Å². The SMILES string of the molecule is O=CSc1ccccc1P(c1ccccc1)c1ccccc1. The Hall–Kier alpha value is -1.89. The summed E-state index contributed by atoms with van der Waals surface area (Å²) in [6.45, 7) is 0. The zero-order valence-electron chi connectivity index (χ0n) is 11.9. The molecule has 0 fully saturated rings. The van der Waals surface area contributed by atoms with Gasteiger partial charge < -0.3 is 0 Å². The highest BCUT2D eigenvalue weighted by Gasteiger charge is 2.19. The van der Waals surface area contributed by atoms with Crippen molar-refractivity contribution in [3.8, 4) is 0 Å². The number of hydrogen-bond acceptors (Lipinski definition) is 2. The van der Waals surface area contributed by atoms with Gasteiger partial charge in [0.1, 0.15) is 0 Å². The van der Waals surface area contributed by atoms with Crippen molar-refractivity contribution in [2.24, 2.45) is 0 Å². The van der Waals surface area contributed by atoms with Crippen molar-refractivity contribution in [2.45, 2.75) is 4.90 Å². The highest BCUT2D eigenvalue weighted by molar-refractivity contribution is 8.12. The zero-order valence-corrected chi connectivity index (χ0v) is 13.6. The average Bonchev–Trinajstić information content (AvgIpc) is 2.59. The van der Waals surface area contributed by atoms with E-state index in [0.29, 0.717) is 0 Å². The van der Waals surface area contributed by atoms with Gasteiger partial charge in [0.05, 0.1) is 0 Å². The van der Waals surface area contributed by atoms with E-state index >= 15 is 0 Å². The fraction of sp³-hybridized carbons (Fsp3) is 0. The summed E-state index contributed by atoms with van der Waals surface area (Å²) in [7, 11) is -0.658. The number of thioether (sulfide) groups is 1. The largest absolute Gasteiger partial charge is 0.291 e. The standard InChI is InChI=1S/C19H15OPS/c20-15-22-19-14-8-7-13-18(19)21(16-9-3-1-4-10-16)17-11-5-2-6-12-17/h1-15H. The summed E-state index contributed by atoms with van der Waals surface area (Å²) < 4.78 is 0. The molecule has 0 N–H and O–H groups in total. The predicted octanol–water partition coefficient (Wildman–Crippen LogP) is 3.73. The van der Waals surface area contributed by atoms with Crippen LogP contribution < -0.4 is 15.9 Å². The molecule has 0 spiro atoms. The van der Waals surface area contributed by atoms with Crippen LogP contribution in [-0.4, -0.2) is 5.62 Å². The van der Waals surface area contributed by atoms with Gasteiger partial charge in [-0.15, -0.1) is 0 Å². The van der Waals surface area contributed by atoms with Crippen molar-refractivity contribution in [1.82, 2.24) is 0 Å². The lowest BCUT2D eigenvalue weighted by molar-refractivity contribution is 0.570. The maximum absolute atomic E-state index is 11.0. The second-order valence-corrected chi connectivity index (χ2v) is 7.74. The summed E-state index contributed by atoms with van der Waals surface area (Å²) in [6, 6.07) is 29.2. The summed E-state index contributed by atoms with van der Waals surface area (Å²) in [5, 5.41) is 3.82. The predicted molar refractivity (Wildman–Crippen MR) is 97.8 cm³/mol. The first-order valence-electron chi connectivity index (χ1n) is 7.00. The van der Waals surface area contributed by atoms with Gasteiger partial charge in [-0.3, -0.25) is 4.79 Å². The van der Waals surface area contributed by atoms with Crippen LogP contribution in [0.3, 0.4) is 0 Å². The number of hydrogen-bond donors (Lipinski definition) is 0. The fourth-order valence-electron chi connectivity index (χ4n) is 2.37. The highest BCUT2D eigenvalue weighted by Crippen LogP contribution is 2.36. The molecule has 0 aliphatic rings. The van der Waals surface area contributed by atoms with Gasteiger partial charge in [-0.25, -0.2) is 0 Å². The molecule has 0 saturated heterocycles. The molecule has 0 aliphatic carbocycles. The van der Waals surface area contributed by atoms with E-state index in [-0.39, 0.29) is 0 Å². The first-order valence-corrected chi connectivity index (χ1v) is 9.22. The molecule has 0 amide bonds. The van der Waals surface area contributed by atoms with Crippen LogP contribution in [-0.2, 0) is 4.79 Å². The second kappa shape index (κ2) is 7.40. The molecule has 0 aromatic heterocycles. The van der Waals surface area contributed by atoms with E-state index in [1.54, 1.807) is 0 Å². The smallest absolute Gasteiger partial charge is 0.180 e. The Morgan fingerprint density at radius 2 is 1.18 bits per heavy atom. The van der Waals surface area contributed by atoms with E-state index in [0.717, 1.165) is 10.5 Å². The molecule has 108 valence electrons. The van der Waals surface area contributed by atoms with Crippen LogP contribution in [0.25, 0.3) is 0 Å². The van der Waals surface area contributed by atoms with E-state index < -0.39 is 7.92 Å². The molecule has 0 saturated carbocycles. The topological polar surface area (TPSA) is 17.1 Å². The van der Waals surface area contributed by atoms with E-state index in [2.05, 4.69) is 54.6 Å². The Morgan fingerprint density at radius 3 is 1.73 bits per heavy atom. The van der Waals surface area contributed by atoms with E-state index in [9.17, 15) is 4.79 Å². The number of rotatable bonds is 5. The number of benzene rings is 3. The van der Waals surface area contributed by atoms with Gasteiger partial charge in [-0.1, -0.05) is 90.6 Å². The summed E-state index contributed by atoms with van der Waals surface area (Å²) >= 11 is 1.26. The van der Waals surface area contributed by atoms with Crippen LogP contribution >= 0.6 is 19.7 Å². The maximum atomic E-state index is 11.0. The Bertz CT molecular complexity index is 704. The summed E-state index contributed by atoms with van der Waals surface area (Å²) in [4.78, 5) is 12.0. The molecule has 0 atom stereocenters. The van der Waals surface area contributed by atoms with Gasteiger partial charge in [0.25, 0.3) is 0 Å². The molecule has 0 unspecified atom stereocenters. The minimum absolute atomic E-state index is 0.658. The third-order valence-corrected chi connectivity index (χ3v) is 6.67. The molecule has 3 rings (SSSR count). The van der Waals surface area contributed by atoms with Crippen LogP contribution in [0.15, 0.2) is 89.8 Å². The van der Waals surface area contributed by atoms with Crippen molar-refractivity contribution in [1.29, 1.82) is 0 Å². The maximum Gasteiger partial charge on any atom is 0.180 e. The average molecular weight is 322 g/mol. The molecule has 0 bridgehead atoms. The van der Waals surface area contributed by atoms with Gasteiger partial charge in [0, 0.05) is 4.90 Å². The lowest BCUT2D eigenvalue weighted by atomic mass is 10.3. The molecular weight excluding hydrogens is 307 g/mol. The molecule has 1 nitrogen and oxygen atoms in total. The Morgan fingerprint density at radius 1 is 0.682 bits per heavy atom. The van der Waals surface area contributed by atoms with Crippen molar-refractivity contribution >= 4 is 41.2 Å². The van der Waals surface area contributed by atoms with Gasteiger partial charge in [-0.05, 0) is 29.9 Å². The minimum Gasteiger partial charge on any atom is -0.291 e. The third kappa shape index (κ3) is 3.30. The fourth-order valence-corrected chi connectivity index (χ4v) is 5.58. The van der Waals surface area contributed by atoms with Crippen LogP contribution in [0.5, 0.6) is 0 Å². The van der Waals surface area contributed by atoms with Crippen molar-refractivity contribution in [2.75, 3.05) is 0 Å². The van der Waals surface area contributed by atoms with E-state index in [4.69, 9.17) is 0 Å². The van der Waals surface area contributed by atoms with Gasteiger partial charge in [0.15, 0.2) is 5.62 Å². The lowest BCUT2D eigenvalue weighted by Crippen LogP contribution is -2.21. The zero-order chi connectivity index (χ0) is 15.2. The summed E-state index contributed by atoms with van der Waals surface area (Å²) in [5.74, 6) is 0. The van der Waals surface area contributed by atoms with E-state index in [1.165, 1.54) is 27.7 Å². The Balaban J connectivity index is 2.17. The highest BCUT2D eigenvalue weighted by atomic mass is 32.2. The van der Waals surface area contributed by atoms with Crippen molar-refractivity contribution in [3.63, 3.8) is 0 Å². The quantitative estimate of drug-likeness (QED) is 0.404. The van der Waals surface area contributed by atoms with Crippen LogP contribution in [0.4, 0.5) is 0 Å². The second-order valence-electron chi connectivity index (χ2n) is 4.69. The summed E-state index contributed by atoms with van der Waals surface area (Å²) in [6.07, 6.45) is 0. The van der Waals surface area contributed by atoms with E-state index in [1.807, 2.05) is 30.3 Å². The number of carbonyl (C=O) groups excluding carboxylic acids is 1. The summed E-state index contributed by atoms with van der Waals surface area (Å²) in [5.41, 5.74) is 0.905. The minimum atomic E-state index is -0.658. The monoisotopic (exact) mass is 322 g/mol. The van der Waals surface area contributed by atoms with Crippen LogP contribution in [0.2, 0.25) is 0 Å². The third-order valence-electron chi connectivity index (χ3n) is 3.31. The molecule has 22 heavy (non-hydrogen) atoms. The van der Waals surface area contributed by atoms with Gasteiger partial charge in [0.2, 0.25) is 0 Å². The molecule has 3 aromatic carbocycles. The molecule has 0 radical (unpaired) electrons. The molecule has 0 aliphatic heterocycles. The van der Waals surface area contributed by atoms with Gasteiger partial charge in [-0.2, -0.15) is 0 Å². The Kier molecular flexibility index (Phi) is 5.05. The normalized spacial score (nSPS) is 10.6. The molecule has 3 aromatic rings. The molecule has 0 heterocycles. The first kappa shape index (κ1) is 15.0. The molecular formula is C19H15OPS.